The maximum atomic E-state index is 15.4. The van der Waals surface area contributed by atoms with Crippen molar-refractivity contribution in [1.82, 2.24) is 0 Å². The summed E-state index contributed by atoms with van der Waals surface area (Å²) in [4.78, 5) is 30.7. The lowest BCUT2D eigenvalue weighted by Crippen LogP contribution is -2.64. The molecule has 5 aliphatic heterocycles. The Morgan fingerprint density at radius 2 is 0.897 bits per heavy atom. The smallest absolute Gasteiger partial charge is 0.339 e. The van der Waals surface area contributed by atoms with Crippen LogP contribution in [0.3, 0.4) is 0 Å². The average Bonchev–Trinajstić information content (AvgIpc) is 4.01. The highest BCUT2D eigenvalue weighted by Crippen LogP contribution is 2.63. The molecule has 0 radical (unpaired) electrons. The normalized spacial score (nSPS) is 23.7. The summed E-state index contributed by atoms with van der Waals surface area (Å²) in [5.41, 5.74) is 2.07. The van der Waals surface area contributed by atoms with E-state index in [4.69, 9.17) is 47.4 Å². The predicted octanol–water partition coefficient (Wildman–Crippen LogP) is 8.66. The molecule has 2 saturated heterocycles. The van der Waals surface area contributed by atoms with Crippen LogP contribution in [0.15, 0.2) is 164 Å². The third kappa shape index (κ3) is 6.48. The van der Waals surface area contributed by atoms with Crippen molar-refractivity contribution in [2.75, 3.05) is 13.7 Å². The maximum absolute atomic E-state index is 15.4. The number of aromatic hydroxyl groups is 2. The van der Waals surface area contributed by atoms with Crippen molar-refractivity contribution in [2.45, 2.75) is 48.6 Å². The minimum atomic E-state index is -1.75. The van der Waals surface area contributed by atoms with Gasteiger partial charge in [-0.25, -0.2) is 9.59 Å². The molecule has 0 aliphatic carbocycles. The van der Waals surface area contributed by atoms with E-state index in [0.717, 1.165) is 0 Å². The molecule has 7 aromatic rings. The Bertz CT molecular complexity index is 2980. The lowest BCUT2D eigenvalue weighted by atomic mass is 9.90. The number of ether oxygens (including phenoxy) is 10. The molecule has 5 aliphatic rings. The molecule has 2 fully saturated rings. The monoisotopic (exact) mass is 912 g/mol. The van der Waals surface area contributed by atoms with Gasteiger partial charge in [0.15, 0.2) is 47.8 Å². The van der Waals surface area contributed by atoms with Crippen LogP contribution in [0, 0.1) is 0 Å². The fourth-order valence-corrected chi connectivity index (χ4v) is 9.66. The van der Waals surface area contributed by atoms with E-state index in [1.807, 2.05) is 103 Å². The first-order valence-corrected chi connectivity index (χ1v) is 22.0. The number of esters is 2. The van der Waals surface area contributed by atoms with E-state index in [1.165, 1.54) is 19.2 Å². The van der Waals surface area contributed by atoms with Crippen LogP contribution in [0.2, 0.25) is 0 Å². The molecule has 0 aromatic heterocycles. The van der Waals surface area contributed by atoms with Crippen LogP contribution in [0.25, 0.3) is 11.1 Å². The van der Waals surface area contributed by atoms with E-state index in [2.05, 4.69) is 0 Å². The Labute approximate surface area is 388 Å². The van der Waals surface area contributed by atoms with Gasteiger partial charge in [-0.2, -0.15) is 0 Å². The van der Waals surface area contributed by atoms with Crippen molar-refractivity contribution >= 4 is 11.9 Å². The SMILES string of the molecule is CO[C@H]1O[C@@H]2CO[C@@H](c3ccccc3)O[C@H]2[C@@H]2OC(=O)c3cc(O)c4c(c3-c3c(cc(O)c5c3OC(c3ccccc3)(c3ccccc3)O5)C(=O)O[C@@H]12)OC(c1ccccc1)(c1ccccc1)O4. The lowest BCUT2D eigenvalue weighted by Gasteiger charge is -2.48. The summed E-state index contributed by atoms with van der Waals surface area (Å²) in [6.45, 7) is 0.000676. The second kappa shape index (κ2) is 16.2. The molecule has 0 saturated carbocycles. The summed E-state index contributed by atoms with van der Waals surface area (Å²) in [5.74, 6) is -7.12. The van der Waals surface area contributed by atoms with Gasteiger partial charge in [-0.3, -0.25) is 0 Å². The van der Waals surface area contributed by atoms with E-state index in [1.54, 1.807) is 48.5 Å². The molecule has 7 aromatic carbocycles. The zero-order chi connectivity index (χ0) is 46.1. The summed E-state index contributed by atoms with van der Waals surface area (Å²) < 4.78 is 65.2. The first kappa shape index (κ1) is 41.5. The number of hydrogen-bond acceptors (Lipinski definition) is 14. The van der Waals surface area contributed by atoms with Gasteiger partial charge in [-0.15, -0.1) is 0 Å². The standard InChI is InChI=1S/C54H40O14/c1-59-52-48-47(44-39(61-52)29-60-51(64-44)30-17-7-2-8-18-30)62-49(57)35-27-37(55)42-45(67-53(65-42,31-19-9-3-10-20-31)32-21-11-4-12-22-32)40(35)41-36(50(58)63-48)28-38(56)43-46(41)68-54(66-43,33-23-13-5-14-24-33)34-25-15-6-16-26-34/h2-28,39,44,47-48,51-52,55-56H,29H2,1H3/t39-,44-,47+,48-,51-,52+/m1/s1. The summed E-state index contributed by atoms with van der Waals surface area (Å²) in [5, 5.41) is 24.2. The van der Waals surface area contributed by atoms with Crippen LogP contribution in [0.4, 0.5) is 0 Å². The van der Waals surface area contributed by atoms with Gasteiger partial charge in [-0.05, 0) is 12.1 Å². The van der Waals surface area contributed by atoms with Crippen molar-refractivity contribution in [3.63, 3.8) is 0 Å². The molecule has 0 amide bonds. The molecule has 0 bridgehead atoms. The third-order valence-electron chi connectivity index (χ3n) is 12.8. The molecular formula is C54H40O14. The van der Waals surface area contributed by atoms with Gasteiger partial charge in [0, 0.05) is 46.1 Å². The van der Waals surface area contributed by atoms with E-state index < -0.39 is 72.0 Å². The minimum Gasteiger partial charge on any atom is -0.504 e. The second-order valence-corrected chi connectivity index (χ2v) is 16.8. The van der Waals surface area contributed by atoms with Crippen LogP contribution < -0.4 is 18.9 Å². The largest absolute Gasteiger partial charge is 0.504 e. The highest BCUT2D eigenvalue weighted by atomic mass is 16.8. The molecule has 6 atom stereocenters. The predicted molar refractivity (Wildman–Crippen MR) is 239 cm³/mol. The third-order valence-corrected chi connectivity index (χ3v) is 12.8. The van der Waals surface area contributed by atoms with Crippen molar-refractivity contribution < 1.29 is 67.2 Å². The Hall–Kier alpha value is -7.88. The van der Waals surface area contributed by atoms with E-state index in [9.17, 15) is 10.2 Å². The number of methoxy groups -OCH3 is 1. The fourth-order valence-electron chi connectivity index (χ4n) is 9.66. The average molecular weight is 913 g/mol. The molecule has 0 spiro atoms. The fraction of sp³-hybridized carbons (Fsp3) is 0.185. The second-order valence-electron chi connectivity index (χ2n) is 16.8. The molecule has 14 nitrogen and oxygen atoms in total. The topological polar surface area (TPSA) is 167 Å². The Kier molecular flexibility index (Phi) is 9.88. The van der Waals surface area contributed by atoms with E-state index >= 15 is 9.59 Å². The van der Waals surface area contributed by atoms with Gasteiger partial charge >= 0.3 is 23.5 Å². The first-order chi connectivity index (χ1) is 33.3. The molecule has 12 rings (SSSR count). The van der Waals surface area contributed by atoms with Gasteiger partial charge in [0.25, 0.3) is 0 Å². The summed E-state index contributed by atoms with van der Waals surface area (Å²) in [6, 6.07) is 47.9. The Morgan fingerprint density at radius 3 is 1.32 bits per heavy atom. The van der Waals surface area contributed by atoms with Crippen LogP contribution in [0.5, 0.6) is 34.5 Å². The van der Waals surface area contributed by atoms with Crippen molar-refractivity contribution in [2.24, 2.45) is 0 Å². The number of hydrogen-bond donors (Lipinski definition) is 2. The number of phenolic OH excluding ortho intramolecular Hbond substituents is 2. The van der Waals surface area contributed by atoms with Crippen LogP contribution in [0.1, 0.15) is 54.8 Å². The Morgan fingerprint density at radius 1 is 0.500 bits per heavy atom. The number of fused-ring (bicyclic) bond motifs is 10. The molecule has 5 heterocycles. The van der Waals surface area contributed by atoms with Gasteiger partial charge in [0.2, 0.25) is 11.5 Å². The van der Waals surface area contributed by atoms with E-state index in [0.29, 0.717) is 27.8 Å². The van der Waals surface area contributed by atoms with Crippen molar-refractivity contribution in [3.8, 4) is 45.6 Å². The van der Waals surface area contributed by atoms with Crippen LogP contribution in [-0.4, -0.2) is 66.6 Å². The summed E-state index contributed by atoms with van der Waals surface area (Å²) in [7, 11) is 1.36. The molecule has 68 heavy (non-hydrogen) atoms. The summed E-state index contributed by atoms with van der Waals surface area (Å²) in [6.07, 6.45) is -6.97. The summed E-state index contributed by atoms with van der Waals surface area (Å²) >= 11 is 0. The Balaban J connectivity index is 1.10. The van der Waals surface area contributed by atoms with Gasteiger partial charge in [0.05, 0.1) is 17.7 Å². The molecule has 2 N–H and O–H groups in total. The minimum absolute atomic E-state index is 0.000676. The number of phenols is 2. The number of benzene rings is 7. The number of rotatable bonds is 6. The first-order valence-electron chi connectivity index (χ1n) is 22.0. The van der Waals surface area contributed by atoms with E-state index in [-0.39, 0.29) is 51.9 Å². The molecule has 0 unspecified atom stereocenters. The van der Waals surface area contributed by atoms with Gasteiger partial charge in [0.1, 0.15) is 12.2 Å². The molecule has 14 heteroatoms. The van der Waals surface area contributed by atoms with Crippen molar-refractivity contribution in [1.29, 1.82) is 0 Å². The lowest BCUT2D eigenvalue weighted by molar-refractivity contribution is -0.356. The van der Waals surface area contributed by atoms with Crippen LogP contribution >= 0.6 is 0 Å². The van der Waals surface area contributed by atoms with Gasteiger partial charge in [-0.1, -0.05) is 152 Å². The van der Waals surface area contributed by atoms with Crippen LogP contribution in [-0.2, 0) is 40.0 Å². The highest BCUT2D eigenvalue weighted by Gasteiger charge is 2.57. The zero-order valence-electron chi connectivity index (χ0n) is 36.1. The maximum Gasteiger partial charge on any atom is 0.339 e. The highest BCUT2D eigenvalue weighted by molar-refractivity contribution is 6.09. The quantitative estimate of drug-likeness (QED) is 0.152. The van der Waals surface area contributed by atoms with Crippen molar-refractivity contribution in [3.05, 3.63) is 203 Å². The molecule has 340 valence electrons. The number of carbonyl (C=O) groups is 2. The molecular weight excluding hydrogens is 873 g/mol. The zero-order valence-corrected chi connectivity index (χ0v) is 36.1. The number of carbonyl (C=O) groups excluding carboxylic acids is 2. The van der Waals surface area contributed by atoms with Gasteiger partial charge < -0.3 is 57.6 Å².